The van der Waals surface area contributed by atoms with Crippen molar-refractivity contribution in [1.82, 2.24) is 9.80 Å². The molecule has 8 saturated carbocycles. The zero-order valence-electron chi connectivity index (χ0n) is 42.8. The van der Waals surface area contributed by atoms with Crippen molar-refractivity contribution in [2.45, 2.75) is 203 Å². The Kier molecular flexibility index (Phi) is 8.40. The monoisotopic (exact) mass is 933 g/mol. The van der Waals surface area contributed by atoms with Gasteiger partial charge in [0.15, 0.2) is 23.0 Å². The molecule has 4 N–H and O–H groups in total. The van der Waals surface area contributed by atoms with E-state index in [-0.39, 0.29) is 69.3 Å². The van der Waals surface area contributed by atoms with E-state index >= 15 is 0 Å². The third-order valence-electron chi connectivity index (χ3n) is 24.2. The topological polar surface area (TPSA) is 124 Å². The normalized spacial score (nSPS) is 44.2. The summed E-state index contributed by atoms with van der Waals surface area (Å²) in [4.78, 5) is 5.67. The van der Waals surface area contributed by atoms with Crippen LogP contribution >= 0.6 is 0 Å². The van der Waals surface area contributed by atoms with Crippen LogP contribution < -0.4 is 9.47 Å². The molecule has 16 rings (SSSR count). The molecular formula is C58H80N2O8. The summed E-state index contributed by atoms with van der Waals surface area (Å²) in [6.45, 7) is 21.3. The van der Waals surface area contributed by atoms with Crippen molar-refractivity contribution in [3.63, 3.8) is 0 Å². The van der Waals surface area contributed by atoms with Gasteiger partial charge in [-0.05, 0) is 163 Å². The lowest BCUT2D eigenvalue weighted by Crippen LogP contribution is -2.83. The second-order valence-corrected chi connectivity index (χ2v) is 28.0. The van der Waals surface area contributed by atoms with Gasteiger partial charge in [-0.2, -0.15) is 0 Å². The number of hydrogen-bond acceptors (Lipinski definition) is 10. The first-order chi connectivity index (χ1) is 32.0. The summed E-state index contributed by atoms with van der Waals surface area (Å²) < 4.78 is 28.8. The Morgan fingerprint density at radius 3 is 1.31 bits per heavy atom. The Balaban J connectivity index is 0.957. The fraction of sp³-hybridized carbons (Fsp3) is 0.793. The number of piperidine rings is 2. The summed E-state index contributed by atoms with van der Waals surface area (Å²) in [5, 5.41) is 51.9. The standard InChI is InChI=1S/C58H80N2O8/c1-49(2,3)51(7,63)37-27-53-15-17-57(37,65-9)47-55(53)19-21-59(29-31-11-12-31)39(53)25-33-23-35(43(61)45(67-47)41(33)55)36-24-34-26-40-54-16-18-58(66-10,38(28-54)52(8,64)50(4,5)6)48-56(54,42(34)46(68-48)44(36)62)20-22-60(40)30-32-13-14-32/h23-24,31-32,37-40,47-48,61-64H,11-22,25-30H2,1-10H3/t37-,38-,39-,40-,47+,48+,51-,52-,53?,54?,55+,56+,57+,58+/m1/s1. The number of fused-ring (bicyclic) bond motifs is 4. The first kappa shape index (κ1) is 44.1. The van der Waals surface area contributed by atoms with Crippen molar-refractivity contribution in [2.24, 2.45) is 45.3 Å². The van der Waals surface area contributed by atoms with E-state index in [1.54, 1.807) is 0 Å². The molecule has 2 aromatic rings. The molecule has 4 aliphatic heterocycles. The van der Waals surface area contributed by atoms with Gasteiger partial charge >= 0.3 is 0 Å². The molecule has 2 unspecified atom stereocenters. The molecule has 10 nitrogen and oxygen atoms in total. The Labute approximate surface area is 404 Å². The van der Waals surface area contributed by atoms with Gasteiger partial charge in [0.25, 0.3) is 0 Å². The summed E-state index contributed by atoms with van der Waals surface area (Å²) in [6.07, 6.45) is 13.4. The SMILES string of the molecule is CO[C@@]12CCC3(C[C@@H]1[C@@](C)(O)C(C)(C)C)[C@H]1Cc4cc(-c5cc6c7c(c5O)O[C@@H]5[C@]8(OC)CCC9(C[C@@H]8[C@@](C)(O)C(C)(C)C)[C@@H](C6)N(CC6CC6)CC[C@]759)c(O)c5c4[C@@]3(CCN1CC1CC1)[C@@H]2O5. The molecular weight excluding hydrogens is 853 g/mol. The molecule has 2 saturated heterocycles. The van der Waals surface area contributed by atoms with Crippen LogP contribution in [-0.2, 0) is 33.1 Å². The number of phenolic OH excluding ortho intramolecular Hbond substituents is 2. The predicted molar refractivity (Wildman–Crippen MR) is 259 cm³/mol. The van der Waals surface area contributed by atoms with Crippen LogP contribution in [0.25, 0.3) is 11.1 Å². The number of ether oxygens (including phenoxy) is 4. The molecule has 14 atom stereocenters. The second-order valence-electron chi connectivity index (χ2n) is 28.0. The molecule has 10 heteroatoms. The maximum atomic E-state index is 13.1. The summed E-state index contributed by atoms with van der Waals surface area (Å²) >= 11 is 0. The molecule has 68 heavy (non-hydrogen) atoms. The third kappa shape index (κ3) is 4.69. The fourth-order valence-corrected chi connectivity index (χ4v) is 19.7. The van der Waals surface area contributed by atoms with Crippen LogP contribution in [0.4, 0.5) is 0 Å². The van der Waals surface area contributed by atoms with Crippen molar-refractivity contribution in [1.29, 1.82) is 0 Å². The highest BCUT2D eigenvalue weighted by Gasteiger charge is 2.84. The van der Waals surface area contributed by atoms with E-state index in [2.05, 4.69) is 63.5 Å². The maximum Gasteiger partial charge on any atom is 0.166 e. The number of likely N-dealkylation sites (tertiary alicyclic amines) is 2. The average Bonchev–Trinajstić information content (AvgIpc) is 4.22. The van der Waals surface area contributed by atoms with Crippen molar-refractivity contribution in [2.75, 3.05) is 40.4 Å². The minimum absolute atomic E-state index is 0.0971. The molecule has 2 aromatic carbocycles. The van der Waals surface area contributed by atoms with Gasteiger partial charge in [-0.15, -0.1) is 0 Å². The highest BCUT2D eigenvalue weighted by molar-refractivity contribution is 5.86. The summed E-state index contributed by atoms with van der Waals surface area (Å²) in [6, 6.07) is 5.00. The number of aliphatic hydroxyl groups is 2. The van der Waals surface area contributed by atoms with Gasteiger partial charge < -0.3 is 39.4 Å². The van der Waals surface area contributed by atoms with Crippen LogP contribution in [0.3, 0.4) is 0 Å². The number of benzene rings is 2. The summed E-state index contributed by atoms with van der Waals surface area (Å²) in [5.41, 5.74) is 0.598. The number of hydrogen-bond donors (Lipinski definition) is 4. The number of methoxy groups -OCH3 is 2. The molecule has 0 radical (unpaired) electrons. The molecule has 10 aliphatic carbocycles. The van der Waals surface area contributed by atoms with Crippen LogP contribution in [0.5, 0.6) is 23.0 Å². The Morgan fingerprint density at radius 2 is 0.971 bits per heavy atom. The molecule has 8 bridgehead atoms. The minimum atomic E-state index is -1.04. The average molecular weight is 933 g/mol. The first-order valence-corrected chi connectivity index (χ1v) is 27.2. The lowest BCUT2D eigenvalue weighted by atomic mass is 9.33. The van der Waals surface area contributed by atoms with Gasteiger partial charge in [-0.3, -0.25) is 9.80 Å². The van der Waals surface area contributed by atoms with Crippen LogP contribution in [0, 0.1) is 45.3 Å². The largest absolute Gasteiger partial charge is 0.504 e. The molecule has 10 fully saturated rings. The van der Waals surface area contributed by atoms with Crippen LogP contribution in [-0.4, -0.2) is 117 Å². The summed E-state index contributed by atoms with van der Waals surface area (Å²) in [7, 11) is 3.68. The lowest BCUT2D eigenvalue weighted by Gasteiger charge is -2.75. The van der Waals surface area contributed by atoms with E-state index in [1.165, 1.54) is 47.9 Å². The molecule has 370 valence electrons. The molecule has 0 amide bonds. The number of nitrogens with zero attached hydrogens (tertiary/aromatic N) is 2. The smallest absolute Gasteiger partial charge is 0.166 e. The van der Waals surface area contributed by atoms with Gasteiger partial charge in [0.1, 0.15) is 23.4 Å². The number of phenols is 2. The van der Waals surface area contributed by atoms with E-state index < -0.39 is 33.2 Å². The number of rotatable bonds is 9. The Hall–Kier alpha value is -2.60. The highest BCUT2D eigenvalue weighted by Crippen LogP contribution is 2.81. The molecule has 0 aromatic heterocycles. The minimum Gasteiger partial charge on any atom is -0.504 e. The fourth-order valence-electron chi connectivity index (χ4n) is 19.7. The second kappa shape index (κ2) is 12.9. The summed E-state index contributed by atoms with van der Waals surface area (Å²) in [5.74, 6) is 2.48. The Bertz CT molecular complexity index is 2380. The zero-order chi connectivity index (χ0) is 47.5. The van der Waals surface area contributed by atoms with Crippen LogP contribution in [0.1, 0.15) is 155 Å². The van der Waals surface area contributed by atoms with Crippen LogP contribution in [0.15, 0.2) is 12.1 Å². The highest BCUT2D eigenvalue weighted by atomic mass is 16.6. The van der Waals surface area contributed by atoms with Crippen molar-refractivity contribution < 1.29 is 39.4 Å². The van der Waals surface area contributed by atoms with Gasteiger partial charge in [-0.25, -0.2) is 0 Å². The van der Waals surface area contributed by atoms with E-state index in [9.17, 15) is 20.4 Å². The Morgan fingerprint density at radius 1 is 0.588 bits per heavy atom. The molecule has 14 aliphatic rings. The number of aromatic hydroxyl groups is 2. The van der Waals surface area contributed by atoms with Gasteiger partial charge in [0, 0.05) is 95.1 Å². The van der Waals surface area contributed by atoms with Crippen LogP contribution in [0.2, 0.25) is 0 Å². The maximum absolute atomic E-state index is 13.1. The van der Waals surface area contributed by atoms with E-state index in [0.29, 0.717) is 22.6 Å². The quantitative estimate of drug-likeness (QED) is 0.194. The van der Waals surface area contributed by atoms with Gasteiger partial charge in [0.2, 0.25) is 0 Å². The molecule has 4 spiro atoms. The van der Waals surface area contributed by atoms with Crippen molar-refractivity contribution in [3.05, 3.63) is 34.4 Å². The van der Waals surface area contributed by atoms with Crippen molar-refractivity contribution in [3.8, 4) is 34.1 Å². The van der Waals surface area contributed by atoms with E-state index in [1.807, 2.05) is 28.1 Å². The first-order valence-electron chi connectivity index (χ1n) is 27.2. The van der Waals surface area contributed by atoms with Crippen molar-refractivity contribution >= 4 is 0 Å². The van der Waals surface area contributed by atoms with Gasteiger partial charge in [-0.1, -0.05) is 41.5 Å². The van der Waals surface area contributed by atoms with E-state index in [0.717, 1.165) is 102 Å². The third-order valence-corrected chi connectivity index (χ3v) is 24.2. The molecule has 4 heterocycles. The van der Waals surface area contributed by atoms with E-state index in [4.69, 9.17) is 18.9 Å². The zero-order valence-corrected chi connectivity index (χ0v) is 42.8. The lowest BCUT2D eigenvalue weighted by molar-refractivity contribution is -0.312. The van der Waals surface area contributed by atoms with Gasteiger partial charge in [0.05, 0.1) is 11.2 Å². The predicted octanol–water partition coefficient (Wildman–Crippen LogP) is 8.81.